The number of rotatable bonds is 7. The Balaban J connectivity index is 2.71. The first-order valence-electron chi connectivity index (χ1n) is 6.89. The van der Waals surface area contributed by atoms with Gasteiger partial charge in [0.15, 0.2) is 0 Å². The SMILES string of the molecule is CCCC(C)COc1cc(C(=O)NCC)ccc1N. The molecule has 0 aliphatic carbocycles. The van der Waals surface area contributed by atoms with Crippen LogP contribution in [-0.2, 0) is 0 Å². The number of carbonyl (C=O) groups is 1. The predicted molar refractivity (Wildman–Crippen MR) is 78.4 cm³/mol. The molecule has 0 fully saturated rings. The lowest BCUT2D eigenvalue weighted by Crippen LogP contribution is -2.22. The topological polar surface area (TPSA) is 64.3 Å². The van der Waals surface area contributed by atoms with E-state index in [9.17, 15) is 4.79 Å². The lowest BCUT2D eigenvalue weighted by Gasteiger charge is -2.14. The van der Waals surface area contributed by atoms with Gasteiger partial charge in [-0.3, -0.25) is 4.79 Å². The Morgan fingerprint density at radius 1 is 1.42 bits per heavy atom. The molecule has 4 heteroatoms. The maximum Gasteiger partial charge on any atom is 0.251 e. The van der Waals surface area contributed by atoms with Crippen molar-refractivity contribution >= 4 is 11.6 Å². The number of hydrogen-bond donors (Lipinski definition) is 2. The van der Waals surface area contributed by atoms with Crippen molar-refractivity contribution < 1.29 is 9.53 Å². The van der Waals surface area contributed by atoms with Crippen molar-refractivity contribution in [2.75, 3.05) is 18.9 Å². The maximum absolute atomic E-state index is 11.7. The van der Waals surface area contributed by atoms with Gasteiger partial charge >= 0.3 is 0 Å². The van der Waals surface area contributed by atoms with Crippen molar-refractivity contribution in [3.05, 3.63) is 23.8 Å². The Labute approximate surface area is 115 Å². The monoisotopic (exact) mass is 264 g/mol. The second kappa shape index (κ2) is 7.67. The molecule has 1 aromatic rings. The number of hydrogen-bond acceptors (Lipinski definition) is 3. The Morgan fingerprint density at radius 2 is 2.16 bits per heavy atom. The molecule has 4 nitrogen and oxygen atoms in total. The third-order valence-electron chi connectivity index (χ3n) is 2.92. The predicted octanol–water partition coefficient (Wildman–Crippen LogP) is 2.83. The summed E-state index contributed by atoms with van der Waals surface area (Å²) in [7, 11) is 0. The number of carbonyl (C=O) groups excluding carboxylic acids is 1. The summed E-state index contributed by atoms with van der Waals surface area (Å²) in [6, 6.07) is 5.13. The molecule has 0 bridgehead atoms. The Bertz CT molecular complexity index is 419. The van der Waals surface area contributed by atoms with Crippen molar-refractivity contribution in [2.45, 2.75) is 33.6 Å². The van der Waals surface area contributed by atoms with Crippen LogP contribution in [0.3, 0.4) is 0 Å². The summed E-state index contributed by atoms with van der Waals surface area (Å²) >= 11 is 0. The van der Waals surface area contributed by atoms with Crippen molar-refractivity contribution in [2.24, 2.45) is 5.92 Å². The fourth-order valence-electron chi connectivity index (χ4n) is 1.87. The van der Waals surface area contributed by atoms with Crippen LogP contribution in [0.1, 0.15) is 44.0 Å². The van der Waals surface area contributed by atoms with Crippen LogP contribution in [0.5, 0.6) is 5.75 Å². The molecular weight excluding hydrogens is 240 g/mol. The average molecular weight is 264 g/mol. The summed E-state index contributed by atoms with van der Waals surface area (Å²) in [6.07, 6.45) is 2.26. The largest absolute Gasteiger partial charge is 0.491 e. The van der Waals surface area contributed by atoms with Gasteiger partial charge in [0.25, 0.3) is 5.91 Å². The molecule has 19 heavy (non-hydrogen) atoms. The highest BCUT2D eigenvalue weighted by atomic mass is 16.5. The van der Waals surface area contributed by atoms with E-state index < -0.39 is 0 Å². The average Bonchev–Trinajstić information content (AvgIpc) is 2.38. The Kier molecular flexibility index (Phi) is 6.19. The zero-order chi connectivity index (χ0) is 14.3. The van der Waals surface area contributed by atoms with E-state index in [4.69, 9.17) is 10.5 Å². The van der Waals surface area contributed by atoms with E-state index in [2.05, 4.69) is 19.2 Å². The third-order valence-corrected chi connectivity index (χ3v) is 2.92. The van der Waals surface area contributed by atoms with Gasteiger partial charge in [-0.15, -0.1) is 0 Å². The third kappa shape index (κ3) is 4.81. The normalized spacial score (nSPS) is 11.9. The summed E-state index contributed by atoms with van der Waals surface area (Å²) in [5.41, 5.74) is 7.01. The summed E-state index contributed by atoms with van der Waals surface area (Å²) in [4.78, 5) is 11.7. The summed E-state index contributed by atoms with van der Waals surface area (Å²) in [5.74, 6) is 0.971. The second-order valence-electron chi connectivity index (χ2n) is 4.82. The Morgan fingerprint density at radius 3 is 2.79 bits per heavy atom. The fourth-order valence-corrected chi connectivity index (χ4v) is 1.87. The molecule has 3 N–H and O–H groups in total. The minimum atomic E-state index is -0.103. The van der Waals surface area contributed by atoms with Gasteiger partial charge in [0.2, 0.25) is 0 Å². The second-order valence-corrected chi connectivity index (χ2v) is 4.82. The van der Waals surface area contributed by atoms with Gasteiger partial charge in [0.05, 0.1) is 12.3 Å². The molecule has 1 amide bonds. The smallest absolute Gasteiger partial charge is 0.251 e. The number of amides is 1. The summed E-state index contributed by atoms with van der Waals surface area (Å²) in [6.45, 7) is 7.41. The van der Waals surface area contributed by atoms with E-state index in [1.807, 2.05) is 6.92 Å². The number of benzene rings is 1. The summed E-state index contributed by atoms with van der Waals surface area (Å²) < 4.78 is 5.72. The molecule has 0 spiro atoms. The number of nitrogen functional groups attached to an aromatic ring is 1. The van der Waals surface area contributed by atoms with Crippen LogP contribution in [0, 0.1) is 5.92 Å². The number of nitrogens with two attached hydrogens (primary N) is 1. The van der Waals surface area contributed by atoms with Crippen LogP contribution in [-0.4, -0.2) is 19.1 Å². The van der Waals surface area contributed by atoms with Gasteiger partial charge in [-0.05, 0) is 37.5 Å². The number of anilines is 1. The molecule has 0 heterocycles. The van der Waals surface area contributed by atoms with Gasteiger partial charge in [-0.1, -0.05) is 20.3 Å². The van der Waals surface area contributed by atoms with Crippen molar-refractivity contribution in [3.8, 4) is 5.75 Å². The number of ether oxygens (including phenoxy) is 1. The van der Waals surface area contributed by atoms with E-state index in [1.54, 1.807) is 18.2 Å². The van der Waals surface area contributed by atoms with Gasteiger partial charge in [-0.25, -0.2) is 0 Å². The molecule has 106 valence electrons. The van der Waals surface area contributed by atoms with Gasteiger partial charge in [0.1, 0.15) is 5.75 Å². The molecule has 1 aromatic carbocycles. The molecular formula is C15H24N2O2. The fraction of sp³-hybridized carbons (Fsp3) is 0.533. The lowest BCUT2D eigenvalue weighted by molar-refractivity contribution is 0.0955. The van der Waals surface area contributed by atoms with Crippen LogP contribution in [0.2, 0.25) is 0 Å². The molecule has 0 saturated heterocycles. The molecule has 1 rings (SSSR count). The molecule has 1 unspecified atom stereocenters. The standard InChI is InChI=1S/C15H24N2O2/c1-4-6-11(3)10-19-14-9-12(7-8-13(14)16)15(18)17-5-2/h7-9,11H,4-6,10,16H2,1-3H3,(H,17,18). The van der Waals surface area contributed by atoms with Crippen molar-refractivity contribution in [1.29, 1.82) is 0 Å². The van der Waals surface area contributed by atoms with Crippen molar-refractivity contribution in [3.63, 3.8) is 0 Å². The van der Waals surface area contributed by atoms with E-state index in [0.717, 1.165) is 12.8 Å². The molecule has 0 aliphatic heterocycles. The van der Waals surface area contributed by atoms with Crippen molar-refractivity contribution in [1.82, 2.24) is 5.32 Å². The molecule has 0 aliphatic rings. The van der Waals surface area contributed by atoms with E-state index in [1.165, 1.54) is 0 Å². The molecule has 0 radical (unpaired) electrons. The quantitative estimate of drug-likeness (QED) is 0.744. The lowest BCUT2D eigenvalue weighted by atomic mass is 10.1. The van der Waals surface area contributed by atoms with E-state index in [-0.39, 0.29) is 5.91 Å². The minimum Gasteiger partial charge on any atom is -0.491 e. The first kappa shape index (κ1) is 15.3. The molecule has 1 atom stereocenters. The highest BCUT2D eigenvalue weighted by Crippen LogP contribution is 2.23. The van der Waals surface area contributed by atoms with Crippen LogP contribution in [0.4, 0.5) is 5.69 Å². The summed E-state index contributed by atoms with van der Waals surface area (Å²) in [5, 5.41) is 2.76. The van der Waals surface area contributed by atoms with E-state index >= 15 is 0 Å². The maximum atomic E-state index is 11.7. The highest BCUT2D eigenvalue weighted by Gasteiger charge is 2.09. The van der Waals surface area contributed by atoms with Gasteiger partial charge < -0.3 is 15.8 Å². The van der Waals surface area contributed by atoms with E-state index in [0.29, 0.717) is 36.1 Å². The Hall–Kier alpha value is -1.71. The van der Waals surface area contributed by atoms with Gasteiger partial charge in [-0.2, -0.15) is 0 Å². The van der Waals surface area contributed by atoms with Gasteiger partial charge in [0, 0.05) is 12.1 Å². The van der Waals surface area contributed by atoms with Crippen LogP contribution < -0.4 is 15.8 Å². The van der Waals surface area contributed by atoms with Crippen LogP contribution in [0.15, 0.2) is 18.2 Å². The first-order valence-corrected chi connectivity index (χ1v) is 6.89. The minimum absolute atomic E-state index is 0.103. The highest BCUT2D eigenvalue weighted by molar-refractivity contribution is 5.95. The zero-order valence-corrected chi connectivity index (χ0v) is 12.0. The molecule has 0 saturated carbocycles. The molecule has 0 aromatic heterocycles. The zero-order valence-electron chi connectivity index (χ0n) is 12.0. The number of nitrogens with one attached hydrogen (secondary N) is 1. The van der Waals surface area contributed by atoms with Crippen LogP contribution in [0.25, 0.3) is 0 Å². The van der Waals surface area contributed by atoms with Crippen LogP contribution >= 0.6 is 0 Å². The first-order chi connectivity index (χ1) is 9.08.